The van der Waals surface area contributed by atoms with Gasteiger partial charge in [0.25, 0.3) is 0 Å². The van der Waals surface area contributed by atoms with Crippen molar-refractivity contribution in [1.82, 2.24) is 0 Å². The molecule has 0 N–H and O–H groups in total. The Balaban J connectivity index is 1.39. The standard InChI is InChI=1S/C27H29FOS/c1-18(24-13-14-27(28)26-6-4-3-5-25(24)26)15-20-7-8-22(16-20)21-9-11-23(12-10-21)30-17-19(2)29/h3-6,9-14,18,20,22H,7-8,15-17H2,1-2H3/t18-,20+,22+/m0/s1. The molecule has 0 unspecified atom stereocenters. The number of ketones is 1. The van der Waals surface area contributed by atoms with Crippen LogP contribution in [-0.2, 0) is 4.79 Å². The fourth-order valence-electron chi connectivity index (χ4n) is 4.96. The molecule has 0 spiro atoms. The molecule has 3 aromatic carbocycles. The maximum Gasteiger partial charge on any atom is 0.140 e. The summed E-state index contributed by atoms with van der Waals surface area (Å²) in [5.74, 6) is 2.38. The summed E-state index contributed by atoms with van der Waals surface area (Å²) >= 11 is 1.61. The fourth-order valence-corrected chi connectivity index (χ4v) is 5.65. The summed E-state index contributed by atoms with van der Waals surface area (Å²) in [6.07, 6.45) is 4.87. The maximum atomic E-state index is 14.2. The van der Waals surface area contributed by atoms with E-state index >= 15 is 0 Å². The summed E-state index contributed by atoms with van der Waals surface area (Å²) < 4.78 is 14.2. The molecule has 3 atom stereocenters. The Hall–Kier alpha value is -2.13. The van der Waals surface area contributed by atoms with Gasteiger partial charge in [-0.25, -0.2) is 4.39 Å². The van der Waals surface area contributed by atoms with E-state index in [2.05, 4.69) is 31.2 Å². The summed E-state index contributed by atoms with van der Waals surface area (Å²) in [5.41, 5.74) is 2.69. The molecule has 1 fully saturated rings. The normalized spacial score (nSPS) is 19.8. The molecule has 0 aromatic heterocycles. The van der Waals surface area contributed by atoms with Gasteiger partial charge in [-0.3, -0.25) is 4.79 Å². The molecule has 0 bridgehead atoms. The highest BCUT2D eigenvalue weighted by Gasteiger charge is 2.27. The topological polar surface area (TPSA) is 17.1 Å². The van der Waals surface area contributed by atoms with Crippen molar-refractivity contribution in [1.29, 1.82) is 0 Å². The van der Waals surface area contributed by atoms with Crippen molar-refractivity contribution >= 4 is 28.3 Å². The molecule has 3 heteroatoms. The van der Waals surface area contributed by atoms with Gasteiger partial charge in [0.1, 0.15) is 11.6 Å². The molecule has 4 rings (SSSR count). The van der Waals surface area contributed by atoms with Crippen LogP contribution < -0.4 is 0 Å². The van der Waals surface area contributed by atoms with Gasteiger partial charge >= 0.3 is 0 Å². The summed E-state index contributed by atoms with van der Waals surface area (Å²) in [6, 6.07) is 20.2. The number of hydrogen-bond acceptors (Lipinski definition) is 2. The van der Waals surface area contributed by atoms with Crippen LogP contribution in [0.5, 0.6) is 0 Å². The molecule has 0 heterocycles. The van der Waals surface area contributed by atoms with E-state index in [1.807, 2.05) is 30.3 Å². The lowest BCUT2D eigenvalue weighted by Crippen LogP contribution is -2.04. The van der Waals surface area contributed by atoms with Gasteiger partial charge in [-0.05, 0) is 85.1 Å². The highest BCUT2D eigenvalue weighted by molar-refractivity contribution is 8.00. The van der Waals surface area contributed by atoms with Crippen molar-refractivity contribution in [3.8, 4) is 0 Å². The van der Waals surface area contributed by atoms with Gasteiger partial charge in [0.15, 0.2) is 0 Å². The zero-order valence-corrected chi connectivity index (χ0v) is 18.6. The minimum Gasteiger partial charge on any atom is -0.299 e. The van der Waals surface area contributed by atoms with Crippen molar-refractivity contribution in [3.05, 3.63) is 77.6 Å². The molecule has 3 aromatic rings. The Morgan fingerprint density at radius 2 is 1.77 bits per heavy atom. The summed E-state index contributed by atoms with van der Waals surface area (Å²) in [6.45, 7) is 3.92. The highest BCUT2D eigenvalue weighted by Crippen LogP contribution is 2.43. The number of halogens is 1. The number of Topliss-reactive ketones (excluding diaryl/α,β-unsaturated/α-hetero) is 1. The second-order valence-corrected chi connectivity index (χ2v) is 9.80. The Kier molecular flexibility index (Phi) is 6.58. The molecule has 30 heavy (non-hydrogen) atoms. The maximum absolute atomic E-state index is 14.2. The van der Waals surface area contributed by atoms with Crippen LogP contribution in [-0.4, -0.2) is 11.5 Å². The van der Waals surface area contributed by atoms with Gasteiger partial charge in [-0.2, -0.15) is 0 Å². The fraction of sp³-hybridized carbons (Fsp3) is 0.370. The van der Waals surface area contributed by atoms with Crippen molar-refractivity contribution in [2.24, 2.45) is 5.92 Å². The first-order valence-electron chi connectivity index (χ1n) is 10.9. The molecule has 0 aliphatic heterocycles. The number of fused-ring (bicyclic) bond motifs is 1. The minimum absolute atomic E-state index is 0.132. The van der Waals surface area contributed by atoms with E-state index in [1.165, 1.54) is 35.3 Å². The number of carbonyl (C=O) groups is 1. The Morgan fingerprint density at radius 1 is 1.03 bits per heavy atom. The van der Waals surface area contributed by atoms with Crippen molar-refractivity contribution in [3.63, 3.8) is 0 Å². The molecule has 0 radical (unpaired) electrons. The van der Waals surface area contributed by atoms with Gasteiger partial charge in [0, 0.05) is 10.3 Å². The van der Waals surface area contributed by atoms with E-state index in [0.29, 0.717) is 23.5 Å². The van der Waals surface area contributed by atoms with Gasteiger partial charge in [-0.1, -0.05) is 49.4 Å². The van der Waals surface area contributed by atoms with Crippen molar-refractivity contribution in [2.75, 3.05) is 5.75 Å². The monoisotopic (exact) mass is 420 g/mol. The molecule has 0 amide bonds. The SMILES string of the molecule is CC(=O)CSc1ccc([C@@H]2CC[C@H](C[C@H](C)c3ccc(F)c4ccccc34)C2)cc1. The molecule has 1 aliphatic carbocycles. The number of carbonyl (C=O) groups excluding carboxylic acids is 1. The van der Waals surface area contributed by atoms with E-state index in [9.17, 15) is 9.18 Å². The van der Waals surface area contributed by atoms with Crippen LogP contribution in [0.2, 0.25) is 0 Å². The average Bonchev–Trinajstić information content (AvgIpc) is 3.21. The van der Waals surface area contributed by atoms with E-state index in [-0.39, 0.29) is 11.6 Å². The van der Waals surface area contributed by atoms with Gasteiger partial charge in [-0.15, -0.1) is 11.8 Å². The summed E-state index contributed by atoms with van der Waals surface area (Å²) in [4.78, 5) is 12.3. The quantitative estimate of drug-likeness (QED) is 0.364. The average molecular weight is 421 g/mol. The van der Waals surface area contributed by atoms with Gasteiger partial charge < -0.3 is 0 Å². The number of benzene rings is 3. The number of hydrogen-bond donors (Lipinski definition) is 0. The van der Waals surface area contributed by atoms with Crippen LogP contribution in [0, 0.1) is 11.7 Å². The Morgan fingerprint density at radius 3 is 2.50 bits per heavy atom. The minimum atomic E-state index is -0.132. The molecule has 0 saturated heterocycles. The lowest BCUT2D eigenvalue weighted by Gasteiger charge is -2.19. The largest absolute Gasteiger partial charge is 0.299 e. The molecular weight excluding hydrogens is 391 g/mol. The Labute approximate surface area is 183 Å². The third kappa shape index (κ3) is 4.78. The smallest absolute Gasteiger partial charge is 0.140 e. The van der Waals surface area contributed by atoms with Crippen LogP contribution in [0.15, 0.2) is 65.6 Å². The van der Waals surface area contributed by atoms with E-state index in [0.717, 1.165) is 17.2 Å². The summed E-state index contributed by atoms with van der Waals surface area (Å²) in [7, 11) is 0. The van der Waals surface area contributed by atoms with Crippen LogP contribution in [0.25, 0.3) is 10.8 Å². The zero-order chi connectivity index (χ0) is 21.1. The molecule has 1 nitrogen and oxygen atoms in total. The van der Waals surface area contributed by atoms with E-state index in [4.69, 9.17) is 0 Å². The lowest BCUT2D eigenvalue weighted by atomic mass is 9.86. The lowest BCUT2D eigenvalue weighted by molar-refractivity contribution is -0.114. The van der Waals surface area contributed by atoms with Gasteiger partial charge in [0.2, 0.25) is 0 Å². The second kappa shape index (κ2) is 9.34. The molecular formula is C27H29FOS. The van der Waals surface area contributed by atoms with Crippen LogP contribution in [0.3, 0.4) is 0 Å². The molecule has 1 saturated carbocycles. The number of rotatable bonds is 7. The van der Waals surface area contributed by atoms with Crippen LogP contribution >= 0.6 is 11.8 Å². The van der Waals surface area contributed by atoms with E-state index in [1.54, 1.807) is 24.8 Å². The first-order chi connectivity index (χ1) is 14.5. The first kappa shape index (κ1) is 21.1. The van der Waals surface area contributed by atoms with Crippen molar-refractivity contribution < 1.29 is 9.18 Å². The number of thioether (sulfide) groups is 1. The van der Waals surface area contributed by atoms with Gasteiger partial charge in [0.05, 0.1) is 5.75 Å². The predicted octanol–water partition coefficient (Wildman–Crippen LogP) is 7.74. The predicted molar refractivity (Wildman–Crippen MR) is 125 cm³/mol. The van der Waals surface area contributed by atoms with E-state index < -0.39 is 0 Å². The highest BCUT2D eigenvalue weighted by atomic mass is 32.2. The third-order valence-corrected chi connectivity index (χ3v) is 7.61. The Bertz CT molecular complexity index is 1030. The summed E-state index contributed by atoms with van der Waals surface area (Å²) in [5, 5.41) is 1.78. The second-order valence-electron chi connectivity index (χ2n) is 8.75. The molecule has 1 aliphatic rings. The van der Waals surface area contributed by atoms with Crippen LogP contribution in [0.4, 0.5) is 4.39 Å². The zero-order valence-electron chi connectivity index (χ0n) is 17.7. The molecule has 156 valence electrons. The van der Waals surface area contributed by atoms with Crippen molar-refractivity contribution in [2.45, 2.75) is 56.3 Å². The third-order valence-electron chi connectivity index (χ3n) is 6.46. The first-order valence-corrected chi connectivity index (χ1v) is 11.9. The van der Waals surface area contributed by atoms with Crippen LogP contribution in [0.1, 0.15) is 62.5 Å².